The van der Waals surface area contributed by atoms with Crippen molar-refractivity contribution < 1.29 is 0 Å². The number of H-pyrrole nitrogens is 2. The summed E-state index contributed by atoms with van der Waals surface area (Å²) in [5, 5.41) is 11.7. The monoisotopic (exact) mass is 524 g/mol. The van der Waals surface area contributed by atoms with Crippen LogP contribution in [0.25, 0.3) is 22.1 Å². The molecule has 0 aliphatic rings. The summed E-state index contributed by atoms with van der Waals surface area (Å²) in [4.78, 5) is 30.7. The predicted octanol–water partition coefficient (Wildman–Crippen LogP) is 5.30. The fraction of sp³-hybridized carbons (Fsp3) is 0.0909. The number of anilines is 2. The van der Waals surface area contributed by atoms with E-state index in [1.165, 1.54) is 0 Å². The number of aromatic amines is 2. The topological polar surface area (TPSA) is 133 Å². The molecular weight excluding hydrogens is 507 g/mol. The molecule has 4 N–H and O–H groups in total. The number of thiazole rings is 1. The molecule has 0 aromatic carbocycles. The van der Waals surface area contributed by atoms with Crippen LogP contribution < -0.4 is 10.6 Å². The number of halogens is 2. The van der Waals surface area contributed by atoms with Crippen molar-refractivity contribution in [1.29, 1.82) is 0 Å². The molecule has 6 heterocycles. The zero-order valence-corrected chi connectivity index (χ0v) is 20.4. The Bertz CT molecular complexity index is 1530. The molecule has 0 saturated carbocycles. The van der Waals surface area contributed by atoms with Gasteiger partial charge in [-0.05, 0) is 53.0 Å². The SMILES string of the molecule is Clc1nc(NCc2ccncc2)c2cc[nH]c2n1.Clc1nc(NCc2nccs2)c2cc[nH]c2n1. The third-order valence-corrected chi connectivity index (χ3v) is 5.99. The van der Waals surface area contributed by atoms with Gasteiger partial charge in [0.1, 0.15) is 27.9 Å². The van der Waals surface area contributed by atoms with Crippen molar-refractivity contribution in [2.24, 2.45) is 0 Å². The molecule has 176 valence electrons. The first kappa shape index (κ1) is 23.0. The number of aromatic nitrogens is 8. The molecule has 0 bridgehead atoms. The lowest BCUT2D eigenvalue weighted by Crippen LogP contribution is -2.02. The van der Waals surface area contributed by atoms with Crippen molar-refractivity contribution in [3.05, 3.63) is 81.8 Å². The summed E-state index contributed by atoms with van der Waals surface area (Å²) in [6.45, 7) is 1.29. The van der Waals surface area contributed by atoms with Gasteiger partial charge in [0.2, 0.25) is 10.6 Å². The number of nitrogens with one attached hydrogen (secondary N) is 4. The van der Waals surface area contributed by atoms with Crippen molar-refractivity contribution in [1.82, 2.24) is 39.9 Å². The lowest BCUT2D eigenvalue weighted by atomic mass is 10.2. The van der Waals surface area contributed by atoms with Gasteiger partial charge in [0.05, 0.1) is 17.3 Å². The standard InChI is InChI=1S/C12H10ClN5.C10H8ClN5S/c13-12-17-10-9(3-6-15-10)11(18-12)16-7-8-1-4-14-5-2-8;11-10-15-8-6(1-2-13-8)9(16-10)14-5-7-12-3-4-17-7/h1-6H,7H2,(H2,15,16,17,18);1-4H,5H2,(H2,13,14,15,16). The zero-order valence-electron chi connectivity index (χ0n) is 18.0. The van der Waals surface area contributed by atoms with Gasteiger partial charge in [0.15, 0.2) is 0 Å². The maximum Gasteiger partial charge on any atom is 0.226 e. The van der Waals surface area contributed by atoms with E-state index in [4.69, 9.17) is 23.2 Å². The summed E-state index contributed by atoms with van der Waals surface area (Å²) < 4.78 is 0. The molecule has 0 amide bonds. The third kappa shape index (κ3) is 5.65. The Labute approximate surface area is 213 Å². The maximum atomic E-state index is 5.87. The highest BCUT2D eigenvalue weighted by molar-refractivity contribution is 7.09. The van der Waals surface area contributed by atoms with Crippen molar-refractivity contribution in [2.75, 3.05) is 10.6 Å². The van der Waals surface area contributed by atoms with Crippen molar-refractivity contribution in [3.63, 3.8) is 0 Å². The molecule has 0 spiro atoms. The van der Waals surface area contributed by atoms with Gasteiger partial charge >= 0.3 is 0 Å². The van der Waals surface area contributed by atoms with Crippen LogP contribution in [0.15, 0.2) is 60.6 Å². The molecule has 6 aromatic heterocycles. The molecule has 35 heavy (non-hydrogen) atoms. The van der Waals surface area contributed by atoms with Gasteiger partial charge in [-0.2, -0.15) is 9.97 Å². The van der Waals surface area contributed by atoms with Crippen LogP contribution in [0.3, 0.4) is 0 Å². The number of pyridine rings is 1. The summed E-state index contributed by atoms with van der Waals surface area (Å²) >= 11 is 13.3. The minimum absolute atomic E-state index is 0.224. The second kappa shape index (κ2) is 10.6. The lowest BCUT2D eigenvalue weighted by molar-refractivity contribution is 1.07. The van der Waals surface area contributed by atoms with Gasteiger partial charge < -0.3 is 20.6 Å². The van der Waals surface area contributed by atoms with Crippen LogP contribution in [0.1, 0.15) is 10.6 Å². The second-order valence-electron chi connectivity index (χ2n) is 7.15. The Hall–Kier alpha value is -3.80. The van der Waals surface area contributed by atoms with Gasteiger partial charge in [-0.25, -0.2) is 15.0 Å². The summed E-state index contributed by atoms with van der Waals surface area (Å²) in [5.74, 6) is 1.44. The first-order chi connectivity index (χ1) is 17.2. The smallest absolute Gasteiger partial charge is 0.226 e. The summed E-state index contributed by atoms with van der Waals surface area (Å²) in [6, 6.07) is 7.73. The maximum absolute atomic E-state index is 5.87. The molecule has 0 unspecified atom stereocenters. The predicted molar refractivity (Wildman–Crippen MR) is 139 cm³/mol. The molecule has 0 fully saturated rings. The van der Waals surface area contributed by atoms with Crippen molar-refractivity contribution in [3.8, 4) is 0 Å². The first-order valence-electron chi connectivity index (χ1n) is 10.4. The van der Waals surface area contributed by atoms with E-state index in [0.717, 1.165) is 44.3 Å². The van der Waals surface area contributed by atoms with Crippen molar-refractivity contribution >= 4 is 68.2 Å². The van der Waals surface area contributed by atoms with Gasteiger partial charge in [-0.3, -0.25) is 4.98 Å². The highest BCUT2D eigenvalue weighted by Gasteiger charge is 2.08. The minimum Gasteiger partial charge on any atom is -0.365 e. The molecule has 0 atom stereocenters. The number of nitrogens with zero attached hydrogens (tertiary/aromatic N) is 6. The van der Waals surface area contributed by atoms with Crippen LogP contribution in [0.4, 0.5) is 11.6 Å². The highest BCUT2D eigenvalue weighted by atomic mass is 35.5. The van der Waals surface area contributed by atoms with E-state index in [-0.39, 0.29) is 10.6 Å². The first-order valence-corrected chi connectivity index (χ1v) is 12.1. The number of hydrogen-bond donors (Lipinski definition) is 4. The van der Waals surface area contributed by atoms with Gasteiger partial charge in [0.25, 0.3) is 0 Å². The highest BCUT2D eigenvalue weighted by Crippen LogP contribution is 2.22. The lowest BCUT2D eigenvalue weighted by Gasteiger charge is -2.06. The molecule has 0 aliphatic heterocycles. The zero-order chi connectivity index (χ0) is 24.0. The molecule has 6 aromatic rings. The summed E-state index contributed by atoms with van der Waals surface area (Å²) in [5.41, 5.74) is 2.59. The average molecular weight is 525 g/mol. The van der Waals surface area contributed by atoms with Gasteiger partial charge in [-0.15, -0.1) is 11.3 Å². The van der Waals surface area contributed by atoms with Gasteiger partial charge in [-0.1, -0.05) is 0 Å². The Kier molecular flexibility index (Phi) is 6.98. The Morgan fingerprint density at radius 1 is 0.743 bits per heavy atom. The van der Waals surface area contributed by atoms with Crippen molar-refractivity contribution in [2.45, 2.75) is 13.1 Å². The Balaban J connectivity index is 0.000000145. The molecule has 10 nitrogen and oxygen atoms in total. The van der Waals surface area contributed by atoms with E-state index < -0.39 is 0 Å². The molecule has 0 radical (unpaired) electrons. The summed E-state index contributed by atoms with van der Waals surface area (Å²) in [7, 11) is 0. The van der Waals surface area contributed by atoms with Crippen LogP contribution in [0.2, 0.25) is 10.6 Å². The van der Waals surface area contributed by atoms with E-state index >= 15 is 0 Å². The van der Waals surface area contributed by atoms with E-state index in [1.807, 2.05) is 42.0 Å². The molecular formula is C22H18Cl2N10S. The minimum atomic E-state index is 0.224. The molecule has 0 aliphatic carbocycles. The molecule has 13 heteroatoms. The van der Waals surface area contributed by atoms with E-state index in [0.29, 0.717) is 13.1 Å². The number of hydrogen-bond acceptors (Lipinski definition) is 9. The average Bonchev–Trinajstić information content (AvgIpc) is 3.64. The second-order valence-corrected chi connectivity index (χ2v) is 8.81. The van der Waals surface area contributed by atoms with Gasteiger partial charge in [0, 0.05) is 42.9 Å². The molecule has 0 saturated heterocycles. The largest absolute Gasteiger partial charge is 0.365 e. The van der Waals surface area contributed by atoms with E-state index in [2.05, 4.69) is 50.5 Å². The van der Waals surface area contributed by atoms with E-state index in [9.17, 15) is 0 Å². The quantitative estimate of drug-likeness (QED) is 0.216. The Morgan fingerprint density at radius 2 is 1.34 bits per heavy atom. The number of rotatable bonds is 6. The summed E-state index contributed by atoms with van der Waals surface area (Å²) in [6.07, 6.45) is 8.92. The Morgan fingerprint density at radius 3 is 1.91 bits per heavy atom. The normalized spacial score (nSPS) is 10.8. The van der Waals surface area contributed by atoms with Crippen LogP contribution in [-0.4, -0.2) is 39.9 Å². The third-order valence-electron chi connectivity index (χ3n) is 4.88. The van der Waals surface area contributed by atoms with Crippen LogP contribution in [0, 0.1) is 0 Å². The van der Waals surface area contributed by atoms with Crippen LogP contribution >= 0.6 is 34.5 Å². The number of fused-ring (bicyclic) bond motifs is 2. The fourth-order valence-corrected chi connectivity index (χ4v) is 4.18. The molecule has 6 rings (SSSR count). The van der Waals surface area contributed by atoms with Crippen LogP contribution in [0.5, 0.6) is 0 Å². The van der Waals surface area contributed by atoms with Crippen LogP contribution in [-0.2, 0) is 13.1 Å². The fourth-order valence-electron chi connectivity index (χ4n) is 3.28. The van der Waals surface area contributed by atoms with E-state index in [1.54, 1.807) is 29.9 Å².